The summed E-state index contributed by atoms with van der Waals surface area (Å²) in [5.74, 6) is 0.671. The molecule has 2 heterocycles. The van der Waals surface area contributed by atoms with Gasteiger partial charge >= 0.3 is 0 Å². The Labute approximate surface area is 173 Å². The standard InChI is InChI=1S/C23H19FN4O2/c24-19-8-5-17(6-9-19)15-30-21-4-2-1-3-20(21)23(29)27-14-18-7-10-22(26-13-18)28-12-11-25-16-28/h1-13,16H,14-15H2,(H,27,29). The van der Waals surface area contributed by atoms with Crippen molar-refractivity contribution >= 4 is 5.91 Å². The van der Waals surface area contributed by atoms with Gasteiger partial charge in [0, 0.05) is 25.1 Å². The van der Waals surface area contributed by atoms with Gasteiger partial charge in [-0.3, -0.25) is 9.36 Å². The lowest BCUT2D eigenvalue weighted by Gasteiger charge is -2.12. The zero-order valence-electron chi connectivity index (χ0n) is 16.0. The molecule has 30 heavy (non-hydrogen) atoms. The Morgan fingerprint density at radius 1 is 1.03 bits per heavy atom. The van der Waals surface area contributed by atoms with Crippen LogP contribution < -0.4 is 10.1 Å². The first-order valence-corrected chi connectivity index (χ1v) is 9.37. The van der Waals surface area contributed by atoms with Crippen molar-refractivity contribution in [1.29, 1.82) is 0 Å². The van der Waals surface area contributed by atoms with Crippen LogP contribution in [0.5, 0.6) is 5.75 Å². The van der Waals surface area contributed by atoms with Crippen LogP contribution in [0.2, 0.25) is 0 Å². The summed E-state index contributed by atoms with van der Waals surface area (Å²) < 4.78 is 20.6. The van der Waals surface area contributed by atoms with Crippen LogP contribution in [0.4, 0.5) is 4.39 Å². The van der Waals surface area contributed by atoms with Gasteiger partial charge in [-0.05, 0) is 41.5 Å². The number of amides is 1. The molecule has 1 N–H and O–H groups in total. The fourth-order valence-electron chi connectivity index (χ4n) is 2.87. The molecule has 4 rings (SSSR count). The average molecular weight is 402 g/mol. The first-order chi connectivity index (χ1) is 14.7. The van der Waals surface area contributed by atoms with Crippen LogP contribution in [0.3, 0.4) is 0 Å². The predicted molar refractivity (Wildman–Crippen MR) is 110 cm³/mol. The maximum absolute atomic E-state index is 13.0. The molecule has 0 saturated carbocycles. The van der Waals surface area contributed by atoms with E-state index in [2.05, 4.69) is 15.3 Å². The molecule has 0 aliphatic carbocycles. The Balaban J connectivity index is 1.38. The number of nitrogens with one attached hydrogen (secondary N) is 1. The molecule has 2 aromatic heterocycles. The molecule has 0 bridgehead atoms. The van der Waals surface area contributed by atoms with Crippen molar-refractivity contribution in [3.05, 3.63) is 108 Å². The lowest BCUT2D eigenvalue weighted by Crippen LogP contribution is -2.23. The number of rotatable bonds is 7. The molecule has 0 spiro atoms. The number of hydrogen-bond donors (Lipinski definition) is 1. The average Bonchev–Trinajstić information content (AvgIpc) is 3.33. The molecule has 0 aliphatic rings. The number of hydrogen-bond acceptors (Lipinski definition) is 4. The molecular weight excluding hydrogens is 383 g/mol. The van der Waals surface area contributed by atoms with E-state index in [0.717, 1.165) is 16.9 Å². The van der Waals surface area contributed by atoms with Crippen molar-refractivity contribution in [1.82, 2.24) is 19.9 Å². The number of pyridine rings is 1. The Morgan fingerprint density at radius 2 is 1.83 bits per heavy atom. The number of aromatic nitrogens is 3. The Hall–Kier alpha value is -4.00. The molecule has 7 heteroatoms. The van der Waals surface area contributed by atoms with Crippen LogP contribution >= 0.6 is 0 Å². The molecule has 0 saturated heterocycles. The van der Waals surface area contributed by atoms with Crippen LogP contribution in [0.1, 0.15) is 21.5 Å². The maximum atomic E-state index is 13.0. The normalized spacial score (nSPS) is 10.6. The summed E-state index contributed by atoms with van der Waals surface area (Å²) in [4.78, 5) is 21.1. The van der Waals surface area contributed by atoms with Gasteiger partial charge in [0.25, 0.3) is 5.91 Å². The number of carbonyl (C=O) groups excluding carboxylic acids is 1. The van der Waals surface area contributed by atoms with E-state index in [1.165, 1.54) is 12.1 Å². The SMILES string of the molecule is O=C(NCc1ccc(-n2ccnc2)nc1)c1ccccc1OCc1ccc(F)cc1. The molecule has 4 aromatic rings. The molecule has 0 fully saturated rings. The molecule has 0 unspecified atom stereocenters. The van der Waals surface area contributed by atoms with Crippen molar-refractivity contribution in [3.63, 3.8) is 0 Å². The second-order valence-electron chi connectivity index (χ2n) is 6.59. The molecule has 1 amide bonds. The number of benzene rings is 2. The predicted octanol–water partition coefficient (Wildman–Crippen LogP) is 3.92. The molecule has 2 aromatic carbocycles. The number of ether oxygens (including phenoxy) is 1. The molecule has 6 nitrogen and oxygen atoms in total. The summed E-state index contributed by atoms with van der Waals surface area (Å²) in [6.45, 7) is 0.576. The fourth-order valence-corrected chi connectivity index (χ4v) is 2.87. The number of carbonyl (C=O) groups is 1. The first kappa shape index (κ1) is 19.3. The van der Waals surface area contributed by atoms with Gasteiger partial charge < -0.3 is 10.1 Å². The van der Waals surface area contributed by atoms with Gasteiger partial charge in [0.2, 0.25) is 0 Å². The van der Waals surface area contributed by atoms with Gasteiger partial charge in [0.05, 0.1) is 5.56 Å². The van der Waals surface area contributed by atoms with Crippen molar-refractivity contribution < 1.29 is 13.9 Å². The monoisotopic (exact) mass is 402 g/mol. The lowest BCUT2D eigenvalue weighted by molar-refractivity contribution is 0.0946. The highest BCUT2D eigenvalue weighted by molar-refractivity contribution is 5.96. The third-order valence-corrected chi connectivity index (χ3v) is 4.47. The topological polar surface area (TPSA) is 69.0 Å². The van der Waals surface area contributed by atoms with Gasteiger partial charge in [-0.25, -0.2) is 14.4 Å². The zero-order valence-corrected chi connectivity index (χ0v) is 16.0. The lowest BCUT2D eigenvalue weighted by atomic mass is 10.1. The van der Waals surface area contributed by atoms with Crippen molar-refractivity contribution in [2.24, 2.45) is 0 Å². The Morgan fingerprint density at radius 3 is 2.57 bits per heavy atom. The largest absolute Gasteiger partial charge is 0.488 e. The van der Waals surface area contributed by atoms with Gasteiger partial charge in [-0.1, -0.05) is 30.3 Å². The highest BCUT2D eigenvalue weighted by Crippen LogP contribution is 2.20. The van der Waals surface area contributed by atoms with Crippen LogP contribution in [0.15, 0.2) is 85.6 Å². The number of nitrogens with zero attached hydrogens (tertiary/aromatic N) is 3. The van der Waals surface area contributed by atoms with E-state index < -0.39 is 0 Å². The van der Waals surface area contributed by atoms with Gasteiger partial charge in [-0.2, -0.15) is 0 Å². The third kappa shape index (κ3) is 4.70. The molecule has 0 radical (unpaired) electrons. The van der Waals surface area contributed by atoms with Crippen molar-refractivity contribution in [2.75, 3.05) is 0 Å². The molecule has 0 atom stereocenters. The highest BCUT2D eigenvalue weighted by atomic mass is 19.1. The summed E-state index contributed by atoms with van der Waals surface area (Å²) in [6.07, 6.45) is 6.89. The summed E-state index contributed by atoms with van der Waals surface area (Å²) >= 11 is 0. The van der Waals surface area contributed by atoms with Crippen LogP contribution in [0, 0.1) is 5.82 Å². The summed E-state index contributed by atoms with van der Waals surface area (Å²) in [5.41, 5.74) is 2.12. The van der Waals surface area contributed by atoms with Crippen LogP contribution in [0.25, 0.3) is 5.82 Å². The van der Waals surface area contributed by atoms with E-state index >= 15 is 0 Å². The Kier molecular flexibility index (Phi) is 5.80. The van der Waals surface area contributed by atoms with Crippen LogP contribution in [-0.2, 0) is 13.2 Å². The minimum atomic E-state index is -0.300. The number of imidazole rings is 1. The van der Waals surface area contributed by atoms with E-state index in [9.17, 15) is 9.18 Å². The van der Waals surface area contributed by atoms with Crippen molar-refractivity contribution in [2.45, 2.75) is 13.2 Å². The molecular formula is C23H19FN4O2. The first-order valence-electron chi connectivity index (χ1n) is 9.37. The highest BCUT2D eigenvalue weighted by Gasteiger charge is 2.12. The summed E-state index contributed by atoms with van der Waals surface area (Å²) in [5, 5.41) is 2.89. The minimum Gasteiger partial charge on any atom is -0.488 e. The summed E-state index contributed by atoms with van der Waals surface area (Å²) in [6, 6.07) is 16.8. The van der Waals surface area contributed by atoms with E-state index in [1.54, 1.807) is 59.7 Å². The quantitative estimate of drug-likeness (QED) is 0.509. The zero-order chi connectivity index (χ0) is 20.8. The van der Waals surface area contributed by atoms with E-state index in [0.29, 0.717) is 17.9 Å². The van der Waals surface area contributed by atoms with E-state index in [1.807, 2.05) is 18.3 Å². The van der Waals surface area contributed by atoms with Crippen LogP contribution in [-0.4, -0.2) is 20.4 Å². The maximum Gasteiger partial charge on any atom is 0.255 e. The van der Waals surface area contributed by atoms with E-state index in [-0.39, 0.29) is 18.3 Å². The molecule has 150 valence electrons. The van der Waals surface area contributed by atoms with Gasteiger partial charge in [0.1, 0.15) is 30.3 Å². The molecule has 0 aliphatic heterocycles. The Bertz CT molecular complexity index is 1110. The third-order valence-electron chi connectivity index (χ3n) is 4.47. The minimum absolute atomic E-state index is 0.240. The summed E-state index contributed by atoms with van der Waals surface area (Å²) in [7, 11) is 0. The van der Waals surface area contributed by atoms with Gasteiger partial charge in [0.15, 0.2) is 0 Å². The van der Waals surface area contributed by atoms with E-state index in [4.69, 9.17) is 4.74 Å². The number of halogens is 1. The van der Waals surface area contributed by atoms with Gasteiger partial charge in [-0.15, -0.1) is 0 Å². The fraction of sp³-hybridized carbons (Fsp3) is 0.0870. The number of para-hydroxylation sites is 1. The van der Waals surface area contributed by atoms with Crippen molar-refractivity contribution in [3.8, 4) is 11.6 Å². The second-order valence-corrected chi connectivity index (χ2v) is 6.59. The smallest absolute Gasteiger partial charge is 0.255 e. The second kappa shape index (κ2) is 9.00.